The monoisotopic (exact) mass is 514 g/mol. The fourth-order valence-corrected chi connectivity index (χ4v) is 4.69. The van der Waals surface area contributed by atoms with Crippen molar-refractivity contribution in [2.45, 2.75) is 56.7 Å². The van der Waals surface area contributed by atoms with Crippen LogP contribution in [-0.2, 0) is 38.9 Å². The maximum atomic E-state index is 13.0. The number of rotatable bonds is 4. The minimum atomic E-state index is -1.99. The molecule has 2 aromatic rings. The zero-order valence-corrected chi connectivity index (χ0v) is 20.2. The Morgan fingerprint density at radius 2 is 2.00 bits per heavy atom. The Labute approximate surface area is 210 Å². The van der Waals surface area contributed by atoms with Crippen LogP contribution < -0.4 is 11.1 Å². The van der Waals surface area contributed by atoms with Crippen molar-refractivity contribution in [2.75, 3.05) is 25.4 Å². The predicted molar refractivity (Wildman–Crippen MR) is 121 cm³/mol. The molecule has 37 heavy (non-hydrogen) atoms. The number of nitrogen functional groups attached to an aromatic ring is 1. The molecule has 5 heterocycles. The minimum absolute atomic E-state index is 0.0764. The SMILES string of the molecule is CC1(C)CC(=O)O[C@H]2[C@@H](OC(=O)C1)[C@](C#N)(c1ccc3c(N)ncnn13)O[C@@H]2COC(=O)OC1CNC1. The van der Waals surface area contributed by atoms with Crippen molar-refractivity contribution in [1.29, 1.82) is 5.26 Å². The molecule has 3 saturated heterocycles. The van der Waals surface area contributed by atoms with Gasteiger partial charge in [-0.1, -0.05) is 13.8 Å². The Bertz CT molecular complexity index is 1280. The summed E-state index contributed by atoms with van der Waals surface area (Å²) in [6.45, 7) is 4.05. The van der Waals surface area contributed by atoms with E-state index in [1.807, 2.05) is 0 Å². The fourth-order valence-electron chi connectivity index (χ4n) is 4.69. The van der Waals surface area contributed by atoms with Gasteiger partial charge in [-0.15, -0.1) is 0 Å². The topological polar surface area (TPSA) is 189 Å². The van der Waals surface area contributed by atoms with Gasteiger partial charge in [0, 0.05) is 13.1 Å². The lowest BCUT2D eigenvalue weighted by Crippen LogP contribution is -2.49. The normalized spacial score (nSPS) is 29.5. The first-order valence-electron chi connectivity index (χ1n) is 11.7. The Morgan fingerprint density at radius 3 is 2.68 bits per heavy atom. The molecule has 0 bridgehead atoms. The van der Waals surface area contributed by atoms with Crippen LogP contribution in [0.15, 0.2) is 18.5 Å². The summed E-state index contributed by atoms with van der Waals surface area (Å²) in [4.78, 5) is 42.0. The van der Waals surface area contributed by atoms with E-state index in [1.165, 1.54) is 16.9 Å². The Kier molecular flexibility index (Phi) is 6.12. The van der Waals surface area contributed by atoms with Gasteiger partial charge in [0.2, 0.25) is 5.60 Å². The molecule has 0 aliphatic carbocycles. The van der Waals surface area contributed by atoms with E-state index in [0.29, 0.717) is 18.6 Å². The van der Waals surface area contributed by atoms with Crippen LogP contribution in [0.5, 0.6) is 0 Å². The maximum Gasteiger partial charge on any atom is 0.508 e. The molecule has 0 amide bonds. The summed E-state index contributed by atoms with van der Waals surface area (Å²) in [5.74, 6) is -1.11. The largest absolute Gasteiger partial charge is 0.508 e. The summed E-state index contributed by atoms with van der Waals surface area (Å²) >= 11 is 0. The fraction of sp³-hybridized carbons (Fsp3) is 0.565. The number of carbonyl (C=O) groups is 3. The molecule has 3 fully saturated rings. The van der Waals surface area contributed by atoms with Crippen LogP contribution in [0.1, 0.15) is 32.4 Å². The molecule has 3 aliphatic rings. The first kappa shape index (κ1) is 24.7. The Balaban J connectivity index is 1.53. The van der Waals surface area contributed by atoms with E-state index in [4.69, 9.17) is 29.4 Å². The van der Waals surface area contributed by atoms with Gasteiger partial charge in [-0.25, -0.2) is 14.3 Å². The first-order valence-corrected chi connectivity index (χ1v) is 11.7. The number of ether oxygens (including phenoxy) is 5. The number of aromatic nitrogens is 3. The number of fused-ring (bicyclic) bond motifs is 2. The summed E-state index contributed by atoms with van der Waals surface area (Å²) in [6, 6.07) is 5.21. The Hall–Kier alpha value is -3.96. The van der Waals surface area contributed by atoms with E-state index < -0.39 is 54.0 Å². The molecule has 3 aliphatic heterocycles. The molecule has 0 aromatic carbocycles. The molecule has 5 rings (SSSR count). The maximum absolute atomic E-state index is 13.0. The zero-order valence-electron chi connectivity index (χ0n) is 20.2. The number of nitrogens with one attached hydrogen (secondary N) is 1. The van der Waals surface area contributed by atoms with Crippen molar-refractivity contribution in [3.63, 3.8) is 0 Å². The first-order chi connectivity index (χ1) is 17.6. The average molecular weight is 514 g/mol. The lowest BCUT2D eigenvalue weighted by atomic mass is 9.86. The van der Waals surface area contributed by atoms with Crippen molar-refractivity contribution in [2.24, 2.45) is 5.41 Å². The molecule has 0 saturated carbocycles. The number of nitrogens with zero attached hydrogens (tertiary/aromatic N) is 4. The molecular formula is C23H26N6O8. The van der Waals surface area contributed by atoms with E-state index in [1.54, 1.807) is 19.9 Å². The standard InChI is InChI=1S/C23H26N6O8/c1-22(2)5-16(30)35-18-14(9-33-21(32)34-12-7-26-8-12)37-23(10-24,19(18)36-17(31)6-22)15-4-3-13-20(25)27-11-28-29(13)15/h3-4,11-12,14,18-19,26H,5-9H2,1-2H3,(H2,25,27,28)/t14-,18-,19-,23+/m1/s1. The number of nitriles is 1. The van der Waals surface area contributed by atoms with Crippen LogP contribution >= 0.6 is 0 Å². The molecule has 14 nitrogen and oxygen atoms in total. The van der Waals surface area contributed by atoms with E-state index >= 15 is 0 Å². The molecule has 2 aromatic heterocycles. The quantitative estimate of drug-likeness (QED) is 0.416. The lowest BCUT2D eigenvalue weighted by Gasteiger charge is -2.28. The van der Waals surface area contributed by atoms with Gasteiger partial charge in [0.1, 0.15) is 36.7 Å². The summed E-state index contributed by atoms with van der Waals surface area (Å²) in [5, 5.41) is 17.6. The van der Waals surface area contributed by atoms with E-state index in [-0.39, 0.29) is 30.5 Å². The van der Waals surface area contributed by atoms with Crippen LogP contribution in [0.2, 0.25) is 0 Å². The number of esters is 2. The van der Waals surface area contributed by atoms with Crippen LogP contribution in [-0.4, -0.2) is 76.8 Å². The highest BCUT2D eigenvalue weighted by Gasteiger charge is 2.63. The van der Waals surface area contributed by atoms with Gasteiger partial charge < -0.3 is 34.7 Å². The van der Waals surface area contributed by atoms with Crippen LogP contribution in [0.25, 0.3) is 5.52 Å². The van der Waals surface area contributed by atoms with Gasteiger partial charge in [-0.05, 0) is 17.5 Å². The van der Waals surface area contributed by atoms with Crippen molar-refractivity contribution in [3.05, 3.63) is 24.2 Å². The molecule has 196 valence electrons. The van der Waals surface area contributed by atoms with Crippen LogP contribution in [0, 0.1) is 16.7 Å². The summed E-state index contributed by atoms with van der Waals surface area (Å²) in [6.07, 6.45) is -4.07. The van der Waals surface area contributed by atoms with Gasteiger partial charge in [-0.3, -0.25) is 9.59 Å². The second kappa shape index (κ2) is 9.16. The molecule has 14 heteroatoms. The van der Waals surface area contributed by atoms with E-state index in [0.717, 1.165) is 0 Å². The summed E-state index contributed by atoms with van der Waals surface area (Å²) in [7, 11) is 0. The van der Waals surface area contributed by atoms with E-state index in [9.17, 15) is 19.6 Å². The van der Waals surface area contributed by atoms with Gasteiger partial charge in [-0.2, -0.15) is 10.4 Å². The molecule has 0 spiro atoms. The smallest absolute Gasteiger partial charge is 0.455 e. The molecule has 0 unspecified atom stereocenters. The third-order valence-electron chi connectivity index (χ3n) is 6.58. The van der Waals surface area contributed by atoms with E-state index in [2.05, 4.69) is 21.5 Å². The highest BCUT2D eigenvalue weighted by Crippen LogP contribution is 2.45. The van der Waals surface area contributed by atoms with Crippen LogP contribution in [0.3, 0.4) is 0 Å². The van der Waals surface area contributed by atoms with Gasteiger partial charge in [0.15, 0.2) is 18.0 Å². The van der Waals surface area contributed by atoms with Crippen LogP contribution in [0.4, 0.5) is 10.6 Å². The average Bonchev–Trinajstić information content (AvgIpc) is 3.36. The van der Waals surface area contributed by atoms with Gasteiger partial charge in [0.05, 0.1) is 18.5 Å². The van der Waals surface area contributed by atoms with Crippen molar-refractivity contribution in [3.8, 4) is 6.07 Å². The second-order valence-corrected chi connectivity index (χ2v) is 10.0. The van der Waals surface area contributed by atoms with Crippen molar-refractivity contribution in [1.82, 2.24) is 19.9 Å². The second-order valence-electron chi connectivity index (χ2n) is 10.0. The summed E-state index contributed by atoms with van der Waals surface area (Å²) < 4.78 is 29.4. The zero-order chi connectivity index (χ0) is 26.4. The number of anilines is 1. The number of hydrogen-bond acceptors (Lipinski definition) is 13. The highest BCUT2D eigenvalue weighted by atomic mass is 16.7. The number of nitrogens with two attached hydrogens (primary N) is 1. The lowest BCUT2D eigenvalue weighted by molar-refractivity contribution is -0.166. The highest BCUT2D eigenvalue weighted by molar-refractivity contribution is 5.75. The van der Waals surface area contributed by atoms with Gasteiger partial charge >= 0.3 is 18.1 Å². The van der Waals surface area contributed by atoms with Crippen molar-refractivity contribution < 1.29 is 38.1 Å². The molecule has 3 N–H and O–H groups in total. The summed E-state index contributed by atoms with van der Waals surface area (Å²) in [5.41, 5.74) is 3.77. The van der Waals surface area contributed by atoms with Crippen molar-refractivity contribution >= 4 is 29.4 Å². The molecule has 4 atom stereocenters. The third-order valence-corrected chi connectivity index (χ3v) is 6.58. The molecule has 0 radical (unpaired) electrons. The Morgan fingerprint density at radius 1 is 1.27 bits per heavy atom. The third kappa shape index (κ3) is 4.51. The molecular weight excluding hydrogens is 488 g/mol. The minimum Gasteiger partial charge on any atom is -0.455 e. The number of hydrogen-bond donors (Lipinski definition) is 2. The van der Waals surface area contributed by atoms with Gasteiger partial charge in [0.25, 0.3) is 0 Å². The predicted octanol–water partition coefficient (Wildman–Crippen LogP) is 0.198. The number of carbonyl (C=O) groups excluding carboxylic acids is 3.